The van der Waals surface area contributed by atoms with E-state index in [0.29, 0.717) is 17.6 Å². The topological polar surface area (TPSA) is 84.7 Å². The highest BCUT2D eigenvalue weighted by Crippen LogP contribution is 2.30. The molecule has 0 spiro atoms. The van der Waals surface area contributed by atoms with E-state index < -0.39 is 18.0 Å². The maximum absolute atomic E-state index is 13.0. The van der Waals surface area contributed by atoms with Crippen molar-refractivity contribution in [2.45, 2.75) is 38.0 Å². The largest absolute Gasteiger partial charge is 0.381 e. The van der Waals surface area contributed by atoms with E-state index >= 15 is 0 Å². The van der Waals surface area contributed by atoms with Gasteiger partial charge in [-0.15, -0.1) is 0 Å². The first-order valence-corrected chi connectivity index (χ1v) is 10.9. The van der Waals surface area contributed by atoms with Gasteiger partial charge in [-0.1, -0.05) is 6.07 Å². The van der Waals surface area contributed by atoms with Crippen LogP contribution >= 0.6 is 0 Å². The molecule has 3 aromatic heterocycles. The van der Waals surface area contributed by atoms with Crippen molar-refractivity contribution in [1.29, 1.82) is 0 Å². The summed E-state index contributed by atoms with van der Waals surface area (Å²) in [5, 5.41) is 2.72. The monoisotopic (exact) mass is 442 g/mol. The molecule has 3 aromatic rings. The van der Waals surface area contributed by atoms with Crippen LogP contribution in [-0.2, 0) is 4.74 Å². The van der Waals surface area contributed by atoms with Crippen molar-refractivity contribution in [1.82, 2.24) is 19.4 Å². The van der Waals surface area contributed by atoms with Crippen LogP contribution in [0.25, 0.3) is 5.65 Å². The molecule has 5 heterocycles. The standard InChI is InChI=1S/C22H24F2N6O2/c23-19(24)15-4-3-5-16(25-15)22(31)28-18-13-30-12-17(14-6-10-32-11-7-14)26-20(30)21(27-18)29-8-1-2-9-29/h3-5,12-14,19H,1-2,6-11H2,(H,28,31). The van der Waals surface area contributed by atoms with Gasteiger partial charge in [-0.2, -0.15) is 0 Å². The third-order valence-corrected chi connectivity index (χ3v) is 5.95. The molecule has 1 amide bonds. The summed E-state index contributed by atoms with van der Waals surface area (Å²) in [5.74, 6) is 0.781. The molecule has 1 N–H and O–H groups in total. The number of fused-ring (bicyclic) bond motifs is 1. The molecule has 2 aliphatic rings. The van der Waals surface area contributed by atoms with Crippen LogP contribution in [0.3, 0.4) is 0 Å². The summed E-state index contributed by atoms with van der Waals surface area (Å²) in [5.41, 5.74) is 1.23. The summed E-state index contributed by atoms with van der Waals surface area (Å²) in [7, 11) is 0. The molecular weight excluding hydrogens is 418 g/mol. The number of anilines is 2. The lowest BCUT2D eigenvalue weighted by molar-refractivity contribution is 0.0846. The zero-order valence-corrected chi connectivity index (χ0v) is 17.5. The van der Waals surface area contributed by atoms with Crippen LogP contribution in [0.5, 0.6) is 0 Å². The normalized spacial score (nSPS) is 17.4. The summed E-state index contributed by atoms with van der Waals surface area (Å²) in [6, 6.07) is 3.99. The average molecular weight is 442 g/mol. The van der Waals surface area contributed by atoms with E-state index in [-0.39, 0.29) is 5.69 Å². The molecule has 0 aromatic carbocycles. The van der Waals surface area contributed by atoms with Crippen LogP contribution in [0.4, 0.5) is 20.4 Å². The number of rotatable bonds is 5. The van der Waals surface area contributed by atoms with Crippen LogP contribution in [0, 0.1) is 0 Å². The number of amides is 1. The predicted octanol–water partition coefficient (Wildman–Crippen LogP) is 3.81. The lowest BCUT2D eigenvalue weighted by Gasteiger charge is -2.20. The van der Waals surface area contributed by atoms with E-state index in [2.05, 4.69) is 20.2 Å². The van der Waals surface area contributed by atoms with Gasteiger partial charge in [0.2, 0.25) is 0 Å². The number of carbonyl (C=O) groups is 1. The van der Waals surface area contributed by atoms with E-state index in [9.17, 15) is 13.6 Å². The second-order valence-corrected chi connectivity index (χ2v) is 8.13. The lowest BCUT2D eigenvalue weighted by atomic mass is 9.97. The van der Waals surface area contributed by atoms with E-state index in [0.717, 1.165) is 63.3 Å². The van der Waals surface area contributed by atoms with Crippen LogP contribution in [0.2, 0.25) is 0 Å². The number of ether oxygens (including phenoxy) is 1. The number of hydrogen-bond donors (Lipinski definition) is 1. The Morgan fingerprint density at radius 1 is 1.09 bits per heavy atom. The minimum atomic E-state index is -2.74. The second-order valence-electron chi connectivity index (χ2n) is 8.13. The van der Waals surface area contributed by atoms with Crippen molar-refractivity contribution in [2.24, 2.45) is 0 Å². The van der Waals surface area contributed by atoms with Gasteiger partial charge in [0.05, 0.1) is 11.9 Å². The Morgan fingerprint density at radius 3 is 2.62 bits per heavy atom. The van der Waals surface area contributed by atoms with Crippen molar-refractivity contribution >= 4 is 23.2 Å². The van der Waals surface area contributed by atoms with Gasteiger partial charge in [0, 0.05) is 38.4 Å². The molecule has 0 radical (unpaired) electrons. The van der Waals surface area contributed by atoms with Crippen molar-refractivity contribution in [2.75, 3.05) is 36.5 Å². The smallest absolute Gasteiger partial charge is 0.280 e. The average Bonchev–Trinajstić information content (AvgIpc) is 3.49. The fourth-order valence-electron chi connectivity index (χ4n) is 4.27. The van der Waals surface area contributed by atoms with Crippen LogP contribution in [0.15, 0.2) is 30.6 Å². The van der Waals surface area contributed by atoms with Gasteiger partial charge in [0.1, 0.15) is 11.4 Å². The Kier molecular flexibility index (Phi) is 5.69. The molecule has 5 rings (SSSR count). The van der Waals surface area contributed by atoms with Gasteiger partial charge < -0.3 is 15.0 Å². The number of nitrogens with zero attached hydrogens (tertiary/aromatic N) is 5. The molecule has 32 heavy (non-hydrogen) atoms. The maximum Gasteiger partial charge on any atom is 0.280 e. The maximum atomic E-state index is 13.0. The number of alkyl halides is 2. The van der Waals surface area contributed by atoms with Crippen LogP contribution in [-0.4, -0.2) is 51.6 Å². The van der Waals surface area contributed by atoms with Gasteiger partial charge in [0.15, 0.2) is 17.3 Å². The number of imidazole rings is 1. The molecule has 2 aliphatic heterocycles. The van der Waals surface area contributed by atoms with Gasteiger partial charge in [-0.3, -0.25) is 9.20 Å². The Labute approximate surface area is 183 Å². The zero-order valence-electron chi connectivity index (χ0n) is 17.5. The first kappa shape index (κ1) is 20.7. The number of pyridine rings is 1. The molecule has 2 saturated heterocycles. The minimum Gasteiger partial charge on any atom is -0.381 e. The molecule has 2 fully saturated rings. The Hall–Kier alpha value is -3.14. The van der Waals surface area contributed by atoms with Crippen molar-refractivity contribution in [3.05, 3.63) is 47.7 Å². The highest BCUT2D eigenvalue weighted by Gasteiger charge is 2.24. The molecule has 0 saturated carbocycles. The number of halogens is 2. The summed E-state index contributed by atoms with van der Waals surface area (Å²) < 4.78 is 33.3. The zero-order chi connectivity index (χ0) is 22.1. The number of nitrogens with one attached hydrogen (secondary N) is 1. The third-order valence-electron chi connectivity index (χ3n) is 5.95. The fourth-order valence-corrected chi connectivity index (χ4v) is 4.27. The molecule has 168 valence electrons. The van der Waals surface area contributed by atoms with Crippen LogP contribution in [0.1, 0.15) is 59.9 Å². The SMILES string of the molecule is O=C(Nc1cn2cc(C3CCOCC3)nc2c(N2CCCC2)n1)c1cccc(C(F)F)n1. The third kappa shape index (κ3) is 4.14. The summed E-state index contributed by atoms with van der Waals surface area (Å²) >= 11 is 0. The fraction of sp³-hybridized carbons (Fsp3) is 0.455. The number of hydrogen-bond acceptors (Lipinski definition) is 6. The van der Waals surface area contributed by atoms with Crippen molar-refractivity contribution < 1.29 is 18.3 Å². The highest BCUT2D eigenvalue weighted by molar-refractivity contribution is 6.02. The molecule has 0 aliphatic carbocycles. The first-order valence-electron chi connectivity index (χ1n) is 10.9. The highest BCUT2D eigenvalue weighted by atomic mass is 19.3. The van der Waals surface area contributed by atoms with Gasteiger partial charge >= 0.3 is 0 Å². The number of aromatic nitrogens is 4. The predicted molar refractivity (Wildman–Crippen MR) is 114 cm³/mol. The molecule has 10 heteroatoms. The molecule has 0 bridgehead atoms. The molecular formula is C22H24F2N6O2. The van der Waals surface area contributed by atoms with Crippen molar-refractivity contribution in [3.63, 3.8) is 0 Å². The number of carbonyl (C=O) groups excluding carboxylic acids is 1. The van der Waals surface area contributed by atoms with E-state index in [1.807, 2.05) is 10.6 Å². The Bertz CT molecular complexity index is 1120. The van der Waals surface area contributed by atoms with E-state index in [1.54, 1.807) is 6.20 Å². The molecule has 0 atom stereocenters. The Morgan fingerprint density at radius 2 is 1.88 bits per heavy atom. The Balaban J connectivity index is 1.48. The minimum absolute atomic E-state index is 0.0825. The van der Waals surface area contributed by atoms with Crippen molar-refractivity contribution in [3.8, 4) is 0 Å². The summed E-state index contributed by atoms with van der Waals surface area (Å²) in [6.45, 7) is 3.19. The van der Waals surface area contributed by atoms with Gasteiger partial charge in [-0.05, 0) is 37.8 Å². The van der Waals surface area contributed by atoms with Gasteiger partial charge in [0.25, 0.3) is 12.3 Å². The quantitative estimate of drug-likeness (QED) is 0.647. The molecule has 8 nitrogen and oxygen atoms in total. The lowest BCUT2D eigenvalue weighted by Crippen LogP contribution is -2.22. The van der Waals surface area contributed by atoms with E-state index in [4.69, 9.17) is 9.72 Å². The van der Waals surface area contributed by atoms with E-state index in [1.165, 1.54) is 18.2 Å². The first-order chi connectivity index (χ1) is 15.6. The molecule has 0 unspecified atom stereocenters. The van der Waals surface area contributed by atoms with Gasteiger partial charge in [-0.25, -0.2) is 23.7 Å². The van der Waals surface area contributed by atoms with Crippen LogP contribution < -0.4 is 10.2 Å². The summed E-state index contributed by atoms with van der Waals surface area (Å²) in [4.78, 5) is 28.2. The second kappa shape index (κ2) is 8.78. The summed E-state index contributed by atoms with van der Waals surface area (Å²) in [6.07, 6.45) is 4.94.